The van der Waals surface area contributed by atoms with Crippen LogP contribution in [0.25, 0.3) is 0 Å². The third-order valence-corrected chi connectivity index (χ3v) is 7.26. The second kappa shape index (κ2) is 13.5. The SMILES string of the molecule is COc1ccc(OC)c(N(CC(=O)N/N=C\c2cc(Br)c(OCc3ccc(Cl)cc3)c(OC)c2)S(C)(=O)=O)c1. The molecule has 10 nitrogen and oxygen atoms in total. The van der Waals surface area contributed by atoms with E-state index in [2.05, 4.69) is 26.5 Å². The Hall–Kier alpha value is -3.48. The van der Waals surface area contributed by atoms with Crippen LogP contribution >= 0.6 is 27.5 Å². The second-order valence-electron chi connectivity index (χ2n) is 8.05. The van der Waals surface area contributed by atoms with Crippen molar-refractivity contribution in [3.05, 3.63) is 75.2 Å². The summed E-state index contributed by atoms with van der Waals surface area (Å²) in [5, 5.41) is 4.60. The Kier molecular flexibility index (Phi) is 10.4. The summed E-state index contributed by atoms with van der Waals surface area (Å²) in [7, 11) is 0.500. The number of methoxy groups -OCH3 is 3. The first-order chi connectivity index (χ1) is 18.5. The summed E-state index contributed by atoms with van der Waals surface area (Å²) >= 11 is 9.41. The first-order valence-corrected chi connectivity index (χ1v) is 14.3. The van der Waals surface area contributed by atoms with E-state index in [1.807, 2.05) is 12.1 Å². The molecular formula is C26H27BrClN3O7S. The molecule has 0 aliphatic rings. The molecule has 0 unspecified atom stereocenters. The van der Waals surface area contributed by atoms with Crippen molar-refractivity contribution in [1.82, 2.24) is 5.43 Å². The van der Waals surface area contributed by atoms with Gasteiger partial charge in [-0.05, 0) is 63.5 Å². The van der Waals surface area contributed by atoms with Gasteiger partial charge in [0.1, 0.15) is 24.7 Å². The molecule has 0 aliphatic heterocycles. The van der Waals surface area contributed by atoms with Gasteiger partial charge in [-0.3, -0.25) is 9.10 Å². The number of amides is 1. The van der Waals surface area contributed by atoms with Gasteiger partial charge in [-0.2, -0.15) is 5.10 Å². The van der Waals surface area contributed by atoms with E-state index in [0.29, 0.717) is 38.9 Å². The molecule has 0 heterocycles. The number of anilines is 1. The molecule has 39 heavy (non-hydrogen) atoms. The van der Waals surface area contributed by atoms with Crippen molar-refractivity contribution in [2.45, 2.75) is 6.61 Å². The van der Waals surface area contributed by atoms with Crippen molar-refractivity contribution in [3.8, 4) is 23.0 Å². The molecule has 0 aromatic heterocycles. The lowest BCUT2D eigenvalue weighted by molar-refractivity contribution is -0.119. The third kappa shape index (κ3) is 8.25. The summed E-state index contributed by atoms with van der Waals surface area (Å²) in [4.78, 5) is 12.6. The number of ether oxygens (including phenoxy) is 4. The molecule has 0 saturated carbocycles. The average molecular weight is 641 g/mol. The number of sulfonamides is 1. The molecule has 0 bridgehead atoms. The van der Waals surface area contributed by atoms with Crippen LogP contribution in [0.1, 0.15) is 11.1 Å². The summed E-state index contributed by atoms with van der Waals surface area (Å²) in [6.45, 7) is -0.241. The van der Waals surface area contributed by atoms with Crippen LogP contribution in [0.5, 0.6) is 23.0 Å². The number of benzene rings is 3. The minimum Gasteiger partial charge on any atom is -0.497 e. The van der Waals surface area contributed by atoms with E-state index in [9.17, 15) is 13.2 Å². The third-order valence-electron chi connectivity index (χ3n) is 5.29. The van der Waals surface area contributed by atoms with Crippen LogP contribution in [-0.2, 0) is 21.4 Å². The number of hydrazone groups is 1. The molecule has 0 radical (unpaired) electrons. The van der Waals surface area contributed by atoms with Crippen molar-refractivity contribution >= 4 is 55.4 Å². The highest BCUT2D eigenvalue weighted by molar-refractivity contribution is 9.10. The molecule has 3 aromatic carbocycles. The van der Waals surface area contributed by atoms with Crippen LogP contribution in [0.3, 0.4) is 0 Å². The topological polar surface area (TPSA) is 116 Å². The van der Waals surface area contributed by atoms with E-state index in [4.69, 9.17) is 30.5 Å². The van der Waals surface area contributed by atoms with E-state index in [0.717, 1.165) is 16.1 Å². The molecule has 0 fully saturated rings. The maximum atomic E-state index is 12.6. The average Bonchev–Trinajstić information content (AvgIpc) is 2.90. The highest BCUT2D eigenvalue weighted by Gasteiger charge is 2.24. The van der Waals surface area contributed by atoms with Crippen molar-refractivity contribution in [3.63, 3.8) is 0 Å². The highest BCUT2D eigenvalue weighted by atomic mass is 79.9. The fraction of sp³-hybridized carbons (Fsp3) is 0.231. The molecule has 13 heteroatoms. The predicted octanol–water partition coefficient (Wildman–Crippen LogP) is 4.62. The normalized spacial score (nSPS) is 11.2. The summed E-state index contributed by atoms with van der Waals surface area (Å²) < 4.78 is 48.4. The first kappa shape index (κ1) is 30.1. The first-order valence-electron chi connectivity index (χ1n) is 11.3. The van der Waals surface area contributed by atoms with E-state index >= 15 is 0 Å². The van der Waals surface area contributed by atoms with Gasteiger partial charge in [-0.1, -0.05) is 23.7 Å². The van der Waals surface area contributed by atoms with Crippen LogP contribution in [0.4, 0.5) is 5.69 Å². The fourth-order valence-electron chi connectivity index (χ4n) is 3.41. The standard InChI is InChI=1S/C26H27BrClN3O7S/c1-35-20-9-10-23(36-2)22(13-20)31(39(4,33)34)15-25(32)30-29-14-18-11-21(27)26(24(12-18)37-3)38-16-17-5-7-19(28)8-6-17/h5-14H,15-16H2,1-4H3,(H,30,32)/b29-14-. The van der Waals surface area contributed by atoms with Crippen molar-refractivity contribution in [1.29, 1.82) is 0 Å². The van der Waals surface area contributed by atoms with Crippen LogP contribution in [0.15, 0.2) is 64.2 Å². The van der Waals surface area contributed by atoms with E-state index < -0.39 is 22.5 Å². The number of hydrogen-bond acceptors (Lipinski definition) is 8. The van der Waals surface area contributed by atoms with Gasteiger partial charge < -0.3 is 18.9 Å². The second-order valence-corrected chi connectivity index (χ2v) is 11.2. The summed E-state index contributed by atoms with van der Waals surface area (Å²) in [6.07, 6.45) is 2.38. The molecule has 208 valence electrons. The van der Waals surface area contributed by atoms with Crippen LogP contribution in [0.2, 0.25) is 5.02 Å². The van der Waals surface area contributed by atoms with Gasteiger partial charge in [0.25, 0.3) is 5.91 Å². The van der Waals surface area contributed by atoms with Gasteiger partial charge in [0, 0.05) is 11.1 Å². The lowest BCUT2D eigenvalue weighted by Crippen LogP contribution is -2.39. The van der Waals surface area contributed by atoms with E-state index in [1.54, 1.807) is 36.4 Å². The Balaban J connectivity index is 1.72. The van der Waals surface area contributed by atoms with Crippen LogP contribution in [-0.4, -0.2) is 54.7 Å². The Labute approximate surface area is 240 Å². The Bertz CT molecular complexity index is 1450. The van der Waals surface area contributed by atoms with Gasteiger partial charge in [-0.25, -0.2) is 13.8 Å². The fourth-order valence-corrected chi connectivity index (χ4v) is 4.96. The maximum Gasteiger partial charge on any atom is 0.260 e. The van der Waals surface area contributed by atoms with E-state index in [-0.39, 0.29) is 11.4 Å². The lowest BCUT2D eigenvalue weighted by atomic mass is 10.2. The molecule has 1 amide bonds. The molecule has 0 atom stereocenters. The van der Waals surface area contributed by atoms with E-state index in [1.165, 1.54) is 33.6 Å². The number of halogens is 2. The number of carbonyl (C=O) groups is 1. The molecule has 3 aromatic rings. The lowest BCUT2D eigenvalue weighted by Gasteiger charge is -2.23. The Morgan fingerprint density at radius 2 is 1.72 bits per heavy atom. The quantitative estimate of drug-likeness (QED) is 0.227. The Morgan fingerprint density at radius 1 is 1.03 bits per heavy atom. The minimum absolute atomic E-state index is 0.154. The van der Waals surface area contributed by atoms with Gasteiger partial charge in [0.05, 0.1) is 44.0 Å². The van der Waals surface area contributed by atoms with Gasteiger partial charge in [-0.15, -0.1) is 0 Å². The highest BCUT2D eigenvalue weighted by Crippen LogP contribution is 2.37. The number of rotatable bonds is 12. The zero-order valence-electron chi connectivity index (χ0n) is 21.6. The van der Waals surface area contributed by atoms with Gasteiger partial charge in [0.15, 0.2) is 11.5 Å². The van der Waals surface area contributed by atoms with Crippen LogP contribution in [0, 0.1) is 0 Å². The zero-order valence-corrected chi connectivity index (χ0v) is 24.8. The van der Waals surface area contributed by atoms with Crippen LogP contribution < -0.4 is 28.7 Å². The molecular weight excluding hydrogens is 614 g/mol. The number of nitrogens with zero attached hydrogens (tertiary/aromatic N) is 2. The summed E-state index contributed by atoms with van der Waals surface area (Å²) in [5.74, 6) is 0.922. The molecule has 1 N–H and O–H groups in total. The number of nitrogens with one attached hydrogen (secondary N) is 1. The maximum absolute atomic E-state index is 12.6. The molecule has 0 spiro atoms. The summed E-state index contributed by atoms with van der Waals surface area (Å²) in [5.41, 5.74) is 4.02. The van der Waals surface area contributed by atoms with Crippen molar-refractivity contribution < 1.29 is 32.2 Å². The van der Waals surface area contributed by atoms with Gasteiger partial charge >= 0.3 is 0 Å². The smallest absolute Gasteiger partial charge is 0.260 e. The molecule has 0 aliphatic carbocycles. The number of carbonyl (C=O) groups excluding carboxylic acids is 1. The number of hydrogen-bond donors (Lipinski definition) is 1. The minimum atomic E-state index is -3.85. The van der Waals surface area contributed by atoms with Crippen molar-refractivity contribution in [2.75, 3.05) is 38.4 Å². The van der Waals surface area contributed by atoms with Crippen molar-refractivity contribution in [2.24, 2.45) is 5.10 Å². The largest absolute Gasteiger partial charge is 0.497 e. The Morgan fingerprint density at radius 3 is 2.33 bits per heavy atom. The molecule has 3 rings (SSSR count). The zero-order chi connectivity index (χ0) is 28.6. The predicted molar refractivity (Wildman–Crippen MR) is 154 cm³/mol. The molecule has 0 saturated heterocycles. The monoisotopic (exact) mass is 639 g/mol. The summed E-state index contributed by atoms with van der Waals surface area (Å²) in [6, 6.07) is 15.3. The van der Waals surface area contributed by atoms with Gasteiger partial charge in [0.2, 0.25) is 10.0 Å².